The molecule has 2 N–H and O–H groups in total. The van der Waals surface area contributed by atoms with E-state index in [-0.39, 0.29) is 6.04 Å². The summed E-state index contributed by atoms with van der Waals surface area (Å²) < 4.78 is 2.97. The van der Waals surface area contributed by atoms with Crippen molar-refractivity contribution in [3.63, 3.8) is 0 Å². The molecule has 3 nitrogen and oxygen atoms in total. The van der Waals surface area contributed by atoms with Gasteiger partial charge in [-0.25, -0.2) is 0 Å². The van der Waals surface area contributed by atoms with Crippen molar-refractivity contribution in [2.75, 3.05) is 0 Å². The van der Waals surface area contributed by atoms with Gasteiger partial charge in [-0.15, -0.1) is 11.3 Å². The van der Waals surface area contributed by atoms with E-state index < -0.39 is 0 Å². The number of aryl methyl sites for hydroxylation is 3. The third kappa shape index (κ3) is 2.89. The zero-order valence-corrected chi connectivity index (χ0v) is 14.4. The van der Waals surface area contributed by atoms with Crippen LogP contribution in [0.2, 0.25) is 5.02 Å². The van der Waals surface area contributed by atoms with Gasteiger partial charge in [0.15, 0.2) is 0 Å². The summed E-state index contributed by atoms with van der Waals surface area (Å²) in [6.07, 6.45) is 1.63. The zero-order chi connectivity index (χ0) is 14.2. The maximum atomic E-state index is 6.29. The maximum absolute atomic E-state index is 6.29. The number of halogens is 2. The molecule has 104 valence electrons. The Balaban J connectivity index is 2.26. The van der Waals surface area contributed by atoms with Crippen LogP contribution in [0.5, 0.6) is 0 Å². The standard InChI is InChI=1S/C13H17BrClN3S/c1-4-9-11(14)10(18(3)17-9)5-8(16)13-12(15)7(2)6-19-13/h6,8H,4-5,16H2,1-3H3. The number of nitrogens with two attached hydrogens (primary N) is 1. The van der Waals surface area contributed by atoms with E-state index in [2.05, 4.69) is 28.0 Å². The van der Waals surface area contributed by atoms with Gasteiger partial charge in [-0.1, -0.05) is 18.5 Å². The van der Waals surface area contributed by atoms with Crippen molar-refractivity contribution in [1.82, 2.24) is 9.78 Å². The van der Waals surface area contributed by atoms with Crippen molar-refractivity contribution in [2.24, 2.45) is 12.8 Å². The van der Waals surface area contributed by atoms with Gasteiger partial charge < -0.3 is 5.73 Å². The molecule has 1 atom stereocenters. The highest BCUT2D eigenvalue weighted by Crippen LogP contribution is 2.34. The molecule has 0 fully saturated rings. The molecular weight excluding hydrogens is 346 g/mol. The van der Waals surface area contributed by atoms with Gasteiger partial charge in [0.1, 0.15) is 0 Å². The Bertz CT molecular complexity index is 591. The number of thiophene rings is 1. The summed E-state index contributed by atoms with van der Waals surface area (Å²) in [5, 5.41) is 7.33. The second-order valence-corrected chi connectivity index (χ2v) is 6.67. The molecule has 0 saturated heterocycles. The lowest BCUT2D eigenvalue weighted by atomic mass is 10.1. The Kier molecular flexibility index (Phi) is 4.71. The van der Waals surface area contributed by atoms with Crippen LogP contribution < -0.4 is 5.73 Å². The molecule has 0 bridgehead atoms. The molecule has 2 aromatic heterocycles. The van der Waals surface area contributed by atoms with Crippen LogP contribution in [-0.2, 0) is 19.9 Å². The molecule has 2 heterocycles. The first kappa shape index (κ1) is 15.0. The van der Waals surface area contributed by atoms with Crippen LogP contribution in [-0.4, -0.2) is 9.78 Å². The molecule has 0 aliphatic carbocycles. The van der Waals surface area contributed by atoms with Crippen LogP contribution in [0.3, 0.4) is 0 Å². The lowest BCUT2D eigenvalue weighted by Gasteiger charge is -2.11. The van der Waals surface area contributed by atoms with Crippen LogP contribution in [0.15, 0.2) is 9.85 Å². The van der Waals surface area contributed by atoms with Gasteiger partial charge >= 0.3 is 0 Å². The molecule has 0 spiro atoms. The minimum Gasteiger partial charge on any atom is -0.323 e. The monoisotopic (exact) mass is 361 g/mol. The Morgan fingerprint density at radius 2 is 2.26 bits per heavy atom. The van der Waals surface area contributed by atoms with Crippen molar-refractivity contribution >= 4 is 38.9 Å². The van der Waals surface area contributed by atoms with Crippen LogP contribution in [0.1, 0.15) is 34.8 Å². The average Bonchev–Trinajstić information content (AvgIpc) is 2.84. The maximum Gasteiger partial charge on any atom is 0.0766 e. The third-order valence-electron chi connectivity index (χ3n) is 3.18. The smallest absolute Gasteiger partial charge is 0.0766 e. The number of rotatable bonds is 4. The van der Waals surface area contributed by atoms with Gasteiger partial charge in [-0.05, 0) is 40.2 Å². The van der Waals surface area contributed by atoms with Crippen molar-refractivity contribution in [1.29, 1.82) is 0 Å². The van der Waals surface area contributed by atoms with Crippen LogP contribution in [0.25, 0.3) is 0 Å². The molecule has 6 heteroatoms. The van der Waals surface area contributed by atoms with Gasteiger partial charge in [0.05, 0.1) is 20.9 Å². The van der Waals surface area contributed by atoms with E-state index in [9.17, 15) is 0 Å². The van der Waals surface area contributed by atoms with E-state index in [1.807, 2.05) is 24.0 Å². The second-order valence-electron chi connectivity index (χ2n) is 4.59. The quantitative estimate of drug-likeness (QED) is 0.893. The molecule has 2 aromatic rings. The van der Waals surface area contributed by atoms with Gasteiger partial charge in [0, 0.05) is 24.4 Å². The van der Waals surface area contributed by atoms with Crippen molar-refractivity contribution in [3.8, 4) is 0 Å². The van der Waals surface area contributed by atoms with Gasteiger partial charge in [-0.3, -0.25) is 4.68 Å². The van der Waals surface area contributed by atoms with E-state index in [1.54, 1.807) is 11.3 Å². The number of nitrogens with zero attached hydrogens (tertiary/aromatic N) is 2. The SMILES string of the molecule is CCc1nn(C)c(CC(N)c2scc(C)c2Cl)c1Br. The summed E-state index contributed by atoms with van der Waals surface area (Å²) in [6, 6.07) is -0.0948. The Hall–Kier alpha value is -0.360. The first-order chi connectivity index (χ1) is 8.95. The summed E-state index contributed by atoms with van der Waals surface area (Å²) in [5.41, 5.74) is 9.57. The van der Waals surface area contributed by atoms with Crippen LogP contribution >= 0.6 is 38.9 Å². The predicted octanol–water partition coefficient (Wildman–Crippen LogP) is 4.01. The summed E-state index contributed by atoms with van der Waals surface area (Å²) in [7, 11) is 1.95. The summed E-state index contributed by atoms with van der Waals surface area (Å²) in [4.78, 5) is 1.05. The van der Waals surface area contributed by atoms with E-state index in [0.717, 1.165) is 44.2 Å². The molecule has 0 saturated carbocycles. The molecular formula is C13H17BrClN3S. The van der Waals surface area contributed by atoms with Crippen molar-refractivity contribution < 1.29 is 0 Å². The fourth-order valence-electron chi connectivity index (χ4n) is 2.04. The number of hydrogen-bond acceptors (Lipinski definition) is 3. The van der Waals surface area contributed by atoms with E-state index in [0.29, 0.717) is 0 Å². The molecule has 0 aliphatic heterocycles. The van der Waals surface area contributed by atoms with Crippen molar-refractivity contribution in [2.45, 2.75) is 32.7 Å². The molecule has 0 aliphatic rings. The topological polar surface area (TPSA) is 43.8 Å². The summed E-state index contributed by atoms with van der Waals surface area (Å²) >= 11 is 11.5. The fraction of sp³-hybridized carbons (Fsp3) is 0.462. The van der Waals surface area contributed by atoms with Crippen molar-refractivity contribution in [3.05, 3.63) is 36.7 Å². The molecule has 19 heavy (non-hydrogen) atoms. The first-order valence-corrected chi connectivity index (χ1v) is 8.20. The fourth-order valence-corrected chi connectivity index (χ4v) is 4.16. The lowest BCUT2D eigenvalue weighted by Crippen LogP contribution is -2.15. The van der Waals surface area contributed by atoms with Crippen LogP contribution in [0, 0.1) is 6.92 Å². The van der Waals surface area contributed by atoms with Gasteiger partial charge in [0.2, 0.25) is 0 Å². The second kappa shape index (κ2) is 5.95. The minimum atomic E-state index is -0.0948. The highest BCUT2D eigenvalue weighted by molar-refractivity contribution is 9.10. The third-order valence-corrected chi connectivity index (χ3v) is 5.94. The highest BCUT2D eigenvalue weighted by Gasteiger charge is 2.19. The van der Waals surface area contributed by atoms with Gasteiger partial charge in [-0.2, -0.15) is 5.10 Å². The molecule has 0 amide bonds. The van der Waals surface area contributed by atoms with Gasteiger partial charge in [0.25, 0.3) is 0 Å². The molecule has 0 aromatic carbocycles. The minimum absolute atomic E-state index is 0.0948. The van der Waals surface area contributed by atoms with E-state index in [4.69, 9.17) is 17.3 Å². The summed E-state index contributed by atoms with van der Waals surface area (Å²) in [6.45, 7) is 4.10. The Labute approximate surface area is 130 Å². The Morgan fingerprint density at radius 3 is 2.74 bits per heavy atom. The number of aromatic nitrogens is 2. The molecule has 0 radical (unpaired) electrons. The lowest BCUT2D eigenvalue weighted by molar-refractivity contribution is 0.642. The first-order valence-electron chi connectivity index (χ1n) is 6.15. The highest BCUT2D eigenvalue weighted by atomic mass is 79.9. The molecule has 1 unspecified atom stereocenters. The average molecular weight is 363 g/mol. The van der Waals surface area contributed by atoms with Crippen LogP contribution in [0.4, 0.5) is 0 Å². The normalized spacial score (nSPS) is 12.9. The predicted molar refractivity (Wildman–Crippen MR) is 85.0 cm³/mol. The largest absolute Gasteiger partial charge is 0.323 e. The zero-order valence-electron chi connectivity index (χ0n) is 11.2. The number of hydrogen-bond donors (Lipinski definition) is 1. The van der Waals surface area contributed by atoms with E-state index in [1.165, 1.54) is 0 Å². The molecule has 2 rings (SSSR count). The Morgan fingerprint density at radius 1 is 1.58 bits per heavy atom. The summed E-state index contributed by atoms with van der Waals surface area (Å²) in [5.74, 6) is 0. The van der Waals surface area contributed by atoms with E-state index >= 15 is 0 Å².